The first-order valence-corrected chi connectivity index (χ1v) is 11.2. The lowest BCUT2D eigenvalue weighted by Gasteiger charge is -2.25. The third kappa shape index (κ3) is 3.34. The van der Waals surface area contributed by atoms with Crippen molar-refractivity contribution in [2.45, 2.75) is 38.3 Å². The molecule has 2 atom stereocenters. The highest BCUT2D eigenvalue weighted by molar-refractivity contribution is 7.12. The standard InChI is InChI=1S/C21H25FN4O3S.ClH/c1-10(23-2)11-6-7-25(9-11)17-14(22)8-13-16(19(17)29-3)26(12-4-5-12)21-15(18(13)27)20(28)24-30-21;/h8,10-12,23H,4-7,9H2,1-3H3,(H,24,28);1H/t10-,11-;/m1./s1. The quantitative estimate of drug-likeness (QED) is 0.601. The molecule has 0 bridgehead atoms. The van der Waals surface area contributed by atoms with Gasteiger partial charge in [0, 0.05) is 25.2 Å². The number of rotatable bonds is 5. The van der Waals surface area contributed by atoms with Crippen molar-refractivity contribution in [3.8, 4) is 5.75 Å². The van der Waals surface area contributed by atoms with Crippen LogP contribution >= 0.6 is 23.9 Å². The minimum Gasteiger partial charge on any atom is -0.492 e. The highest BCUT2D eigenvalue weighted by Gasteiger charge is 2.35. The van der Waals surface area contributed by atoms with E-state index in [0.29, 0.717) is 40.3 Å². The zero-order valence-electron chi connectivity index (χ0n) is 17.7. The van der Waals surface area contributed by atoms with Crippen molar-refractivity contribution < 1.29 is 9.13 Å². The molecule has 2 N–H and O–H groups in total. The smallest absolute Gasteiger partial charge is 0.271 e. The van der Waals surface area contributed by atoms with Crippen LogP contribution in [0.4, 0.5) is 10.1 Å². The van der Waals surface area contributed by atoms with Gasteiger partial charge >= 0.3 is 0 Å². The summed E-state index contributed by atoms with van der Waals surface area (Å²) in [6, 6.07) is 1.80. The molecule has 3 aromatic rings. The Morgan fingerprint density at radius 3 is 2.71 bits per heavy atom. The first-order valence-electron chi connectivity index (χ1n) is 10.3. The molecule has 5 rings (SSSR count). The number of ether oxygens (including phenoxy) is 1. The summed E-state index contributed by atoms with van der Waals surface area (Å²) in [7, 11) is 3.46. The summed E-state index contributed by atoms with van der Waals surface area (Å²) >= 11 is 1.16. The van der Waals surface area contributed by atoms with Crippen LogP contribution < -0.4 is 25.9 Å². The Hall–Kier alpha value is -2.10. The molecule has 0 radical (unpaired) electrons. The second-order valence-electron chi connectivity index (χ2n) is 8.35. The van der Waals surface area contributed by atoms with Crippen LogP contribution in [0.5, 0.6) is 5.75 Å². The summed E-state index contributed by atoms with van der Waals surface area (Å²) in [5.74, 6) is 0.301. The number of hydrogen-bond donors (Lipinski definition) is 2. The lowest BCUT2D eigenvalue weighted by atomic mass is 10.0. The van der Waals surface area contributed by atoms with Crippen molar-refractivity contribution in [2.75, 3.05) is 32.1 Å². The molecule has 2 aromatic heterocycles. The molecule has 7 nitrogen and oxygen atoms in total. The zero-order chi connectivity index (χ0) is 21.2. The van der Waals surface area contributed by atoms with Crippen LogP contribution in [0.2, 0.25) is 0 Å². The maximum absolute atomic E-state index is 15.4. The normalized spacial score (nSPS) is 19.7. The number of pyridine rings is 1. The van der Waals surface area contributed by atoms with Gasteiger partial charge < -0.3 is 19.5 Å². The first-order chi connectivity index (χ1) is 14.5. The molecule has 2 fully saturated rings. The van der Waals surface area contributed by atoms with E-state index in [4.69, 9.17) is 4.74 Å². The van der Waals surface area contributed by atoms with Crippen molar-refractivity contribution in [3.05, 3.63) is 32.5 Å². The Morgan fingerprint density at radius 2 is 2.06 bits per heavy atom. The Kier molecular flexibility index (Phi) is 5.78. The van der Waals surface area contributed by atoms with E-state index < -0.39 is 16.8 Å². The maximum atomic E-state index is 15.4. The predicted octanol–water partition coefficient (Wildman–Crippen LogP) is 3.24. The van der Waals surface area contributed by atoms with Gasteiger partial charge in [-0.15, -0.1) is 12.4 Å². The average Bonchev–Trinajstić information content (AvgIpc) is 3.33. The predicted molar refractivity (Wildman–Crippen MR) is 125 cm³/mol. The summed E-state index contributed by atoms with van der Waals surface area (Å²) in [6.07, 6.45) is 2.87. The lowest BCUT2D eigenvalue weighted by molar-refractivity contribution is 0.411. The van der Waals surface area contributed by atoms with Gasteiger partial charge in [-0.1, -0.05) is 0 Å². The molecule has 1 aromatic carbocycles. The van der Waals surface area contributed by atoms with Crippen LogP contribution in [-0.2, 0) is 0 Å². The second-order valence-corrected chi connectivity index (χ2v) is 9.15. The highest BCUT2D eigenvalue weighted by Crippen LogP contribution is 2.46. The van der Waals surface area contributed by atoms with E-state index in [1.54, 1.807) is 0 Å². The number of nitrogens with zero attached hydrogens (tertiary/aromatic N) is 2. The van der Waals surface area contributed by atoms with Crippen LogP contribution in [0, 0.1) is 11.7 Å². The molecule has 3 heterocycles. The Bertz CT molecular complexity index is 1270. The molecular formula is C21H26ClFN4O3S. The van der Waals surface area contributed by atoms with Crippen LogP contribution in [-0.4, -0.2) is 42.2 Å². The van der Waals surface area contributed by atoms with E-state index in [-0.39, 0.29) is 29.2 Å². The third-order valence-corrected chi connectivity index (χ3v) is 7.50. The number of benzene rings is 1. The average molecular weight is 469 g/mol. The molecule has 0 amide bonds. The van der Waals surface area contributed by atoms with Gasteiger partial charge in [-0.2, -0.15) is 0 Å². The van der Waals surface area contributed by atoms with Crippen molar-refractivity contribution >= 4 is 50.7 Å². The van der Waals surface area contributed by atoms with Gasteiger partial charge in [0.05, 0.1) is 18.0 Å². The molecular weight excluding hydrogens is 443 g/mol. The van der Waals surface area contributed by atoms with Crippen molar-refractivity contribution in [3.63, 3.8) is 0 Å². The molecule has 1 saturated carbocycles. The van der Waals surface area contributed by atoms with Gasteiger partial charge in [-0.3, -0.25) is 14.0 Å². The summed E-state index contributed by atoms with van der Waals surface area (Å²) in [6.45, 7) is 3.58. The van der Waals surface area contributed by atoms with E-state index in [2.05, 4.69) is 16.6 Å². The van der Waals surface area contributed by atoms with Crippen LogP contribution in [0.3, 0.4) is 0 Å². The second kappa shape index (κ2) is 8.11. The molecule has 0 spiro atoms. The van der Waals surface area contributed by atoms with Crippen LogP contribution in [0.15, 0.2) is 15.7 Å². The van der Waals surface area contributed by atoms with Gasteiger partial charge in [0.15, 0.2) is 11.6 Å². The number of aromatic amines is 1. The lowest BCUT2D eigenvalue weighted by Crippen LogP contribution is -2.33. The minimum absolute atomic E-state index is 0. The molecule has 10 heteroatoms. The SMILES string of the molecule is CN[C@H](C)[C@@H]1CCN(c2c(F)cc3c(=O)c4c(=O)[nH]sc4n(C4CC4)c3c2OC)C1.Cl. The summed E-state index contributed by atoms with van der Waals surface area (Å²) in [4.78, 5) is 28.0. The van der Waals surface area contributed by atoms with Crippen LogP contribution in [0.25, 0.3) is 21.1 Å². The molecule has 1 aliphatic carbocycles. The van der Waals surface area contributed by atoms with Crippen molar-refractivity contribution in [1.82, 2.24) is 14.3 Å². The number of fused-ring (bicyclic) bond motifs is 2. The van der Waals surface area contributed by atoms with Gasteiger partial charge in [0.25, 0.3) is 5.56 Å². The summed E-state index contributed by atoms with van der Waals surface area (Å²) < 4.78 is 25.9. The fourth-order valence-electron chi connectivity index (χ4n) is 4.72. The number of H-pyrrole nitrogens is 1. The van der Waals surface area contributed by atoms with Gasteiger partial charge in [0.2, 0.25) is 5.43 Å². The van der Waals surface area contributed by atoms with E-state index >= 15 is 4.39 Å². The van der Waals surface area contributed by atoms with Gasteiger partial charge in [-0.25, -0.2) is 4.39 Å². The van der Waals surface area contributed by atoms with E-state index in [1.807, 2.05) is 16.5 Å². The number of halogens is 2. The van der Waals surface area contributed by atoms with Crippen molar-refractivity contribution in [2.24, 2.45) is 5.92 Å². The molecule has 0 unspecified atom stereocenters. The van der Waals surface area contributed by atoms with E-state index in [9.17, 15) is 9.59 Å². The third-order valence-electron chi connectivity index (χ3n) is 6.61. The monoisotopic (exact) mass is 468 g/mol. The Morgan fingerprint density at radius 1 is 1.32 bits per heavy atom. The first kappa shape index (κ1) is 22.1. The topological polar surface area (TPSA) is 79.4 Å². The number of aromatic nitrogens is 2. The van der Waals surface area contributed by atoms with Crippen molar-refractivity contribution in [1.29, 1.82) is 0 Å². The van der Waals surface area contributed by atoms with E-state index in [1.165, 1.54) is 13.2 Å². The molecule has 1 aliphatic heterocycles. The minimum atomic E-state index is -0.484. The molecule has 2 aliphatic rings. The fourth-order valence-corrected chi connectivity index (χ4v) is 5.64. The zero-order valence-corrected chi connectivity index (χ0v) is 19.3. The summed E-state index contributed by atoms with van der Waals surface area (Å²) in [5.41, 5.74) is 0.149. The Balaban J connectivity index is 0.00000231. The number of anilines is 1. The molecule has 31 heavy (non-hydrogen) atoms. The van der Waals surface area contributed by atoms with Gasteiger partial charge in [0.1, 0.15) is 15.9 Å². The number of methoxy groups -OCH3 is 1. The summed E-state index contributed by atoms with van der Waals surface area (Å²) in [5, 5.41) is 3.60. The number of nitrogens with one attached hydrogen (secondary N) is 2. The fraction of sp³-hybridized carbons (Fsp3) is 0.524. The molecule has 1 saturated heterocycles. The highest BCUT2D eigenvalue weighted by atomic mass is 35.5. The maximum Gasteiger partial charge on any atom is 0.271 e. The molecule has 168 valence electrons. The van der Waals surface area contributed by atoms with Crippen LogP contribution in [0.1, 0.15) is 32.2 Å². The Labute approximate surface area is 188 Å². The van der Waals surface area contributed by atoms with Gasteiger partial charge in [-0.05, 0) is 56.8 Å². The largest absolute Gasteiger partial charge is 0.492 e. The number of hydrogen-bond acceptors (Lipinski definition) is 6. The van der Waals surface area contributed by atoms with E-state index in [0.717, 1.165) is 37.3 Å².